The maximum Gasteiger partial charge on any atom is 0.0159 e. The monoisotopic (exact) mass is 270 g/mol. The van der Waals surface area contributed by atoms with Crippen molar-refractivity contribution >= 4 is 50.5 Å². The SMILES string of the molecule is C[C@H]([C@H](C)[C@H](S)[C@@H](C)S)[C@@H](S)[C@H](C)S. The minimum atomic E-state index is 0.312. The second-order valence-electron chi connectivity index (χ2n) is 4.18. The molecule has 0 aliphatic rings. The van der Waals surface area contributed by atoms with Gasteiger partial charge < -0.3 is 0 Å². The van der Waals surface area contributed by atoms with Crippen LogP contribution in [0.25, 0.3) is 0 Å². The predicted molar refractivity (Wildman–Crippen MR) is 80.8 cm³/mol. The molecular weight excluding hydrogens is 248 g/mol. The first-order chi connectivity index (χ1) is 6.29. The molecule has 0 spiro atoms. The van der Waals surface area contributed by atoms with E-state index in [2.05, 4.69) is 78.2 Å². The van der Waals surface area contributed by atoms with Crippen molar-refractivity contribution in [2.75, 3.05) is 0 Å². The smallest absolute Gasteiger partial charge is 0.0159 e. The molecule has 0 amide bonds. The molecule has 86 valence electrons. The molecule has 4 heteroatoms. The average Bonchev–Trinajstić information content (AvgIpc) is 2.12. The fraction of sp³-hybridized carbons (Fsp3) is 1.00. The van der Waals surface area contributed by atoms with Gasteiger partial charge in [0.25, 0.3) is 0 Å². The van der Waals surface area contributed by atoms with Crippen LogP contribution in [0.1, 0.15) is 27.7 Å². The molecule has 0 aliphatic carbocycles. The van der Waals surface area contributed by atoms with Gasteiger partial charge >= 0.3 is 0 Å². The average molecular weight is 271 g/mol. The van der Waals surface area contributed by atoms with Crippen molar-refractivity contribution in [2.45, 2.75) is 48.7 Å². The zero-order valence-electron chi connectivity index (χ0n) is 9.25. The van der Waals surface area contributed by atoms with Gasteiger partial charge in [0.1, 0.15) is 0 Å². The highest BCUT2D eigenvalue weighted by Gasteiger charge is 2.28. The Kier molecular flexibility index (Phi) is 7.56. The van der Waals surface area contributed by atoms with Gasteiger partial charge in [-0.3, -0.25) is 0 Å². The lowest BCUT2D eigenvalue weighted by Crippen LogP contribution is -2.33. The summed E-state index contributed by atoms with van der Waals surface area (Å²) in [5.74, 6) is 1.01. The third kappa shape index (κ3) is 4.50. The quantitative estimate of drug-likeness (QED) is 0.540. The van der Waals surface area contributed by atoms with Gasteiger partial charge in [0.05, 0.1) is 0 Å². The van der Waals surface area contributed by atoms with Crippen LogP contribution < -0.4 is 0 Å². The van der Waals surface area contributed by atoms with E-state index < -0.39 is 0 Å². The number of hydrogen-bond donors (Lipinski definition) is 4. The zero-order valence-corrected chi connectivity index (χ0v) is 12.8. The number of rotatable bonds is 5. The Hall–Kier alpha value is 1.40. The standard InChI is InChI=1S/C10H22S4/c1-5(9(13)7(3)11)6(2)10(14)8(4)12/h5-14H,1-4H3/t5-,6+,7+,8-,9-,10+. The third-order valence-electron chi connectivity index (χ3n) is 2.90. The summed E-state index contributed by atoms with van der Waals surface area (Å²) in [6.07, 6.45) is 0. The summed E-state index contributed by atoms with van der Waals surface area (Å²) in [4.78, 5) is 0. The van der Waals surface area contributed by atoms with Crippen LogP contribution in [0.4, 0.5) is 0 Å². The summed E-state index contributed by atoms with van der Waals surface area (Å²) in [7, 11) is 0. The normalized spacial score (nSPS) is 24.9. The van der Waals surface area contributed by atoms with Crippen molar-refractivity contribution < 1.29 is 0 Å². The Labute approximate surface area is 111 Å². The summed E-state index contributed by atoms with van der Waals surface area (Å²) in [5.41, 5.74) is 0. The van der Waals surface area contributed by atoms with E-state index in [-0.39, 0.29) is 0 Å². The van der Waals surface area contributed by atoms with Crippen LogP contribution in [-0.4, -0.2) is 21.0 Å². The van der Waals surface area contributed by atoms with Gasteiger partial charge in [0.15, 0.2) is 0 Å². The summed E-state index contributed by atoms with van der Waals surface area (Å²) in [5, 5.41) is 1.25. The van der Waals surface area contributed by atoms with Crippen LogP contribution in [0.5, 0.6) is 0 Å². The highest BCUT2D eigenvalue weighted by atomic mass is 32.1. The summed E-state index contributed by atoms with van der Waals surface area (Å²) in [6.45, 7) is 8.60. The van der Waals surface area contributed by atoms with Crippen LogP contribution in [0.3, 0.4) is 0 Å². The molecule has 0 fully saturated rings. The Morgan fingerprint density at radius 3 is 0.929 bits per heavy atom. The van der Waals surface area contributed by atoms with Crippen LogP contribution in [0.15, 0.2) is 0 Å². The second kappa shape index (κ2) is 6.87. The molecule has 0 saturated heterocycles. The minimum Gasteiger partial charge on any atom is -0.175 e. The first-order valence-electron chi connectivity index (χ1n) is 5.01. The molecule has 14 heavy (non-hydrogen) atoms. The largest absolute Gasteiger partial charge is 0.175 e. The maximum absolute atomic E-state index is 4.59. The van der Waals surface area contributed by atoms with Crippen LogP contribution in [0, 0.1) is 11.8 Å². The van der Waals surface area contributed by atoms with Crippen molar-refractivity contribution in [3.8, 4) is 0 Å². The van der Waals surface area contributed by atoms with E-state index in [1.54, 1.807) is 0 Å². The lowest BCUT2D eigenvalue weighted by atomic mass is 9.87. The molecule has 0 heterocycles. The van der Waals surface area contributed by atoms with Gasteiger partial charge in [-0.05, 0) is 11.8 Å². The fourth-order valence-electron chi connectivity index (χ4n) is 1.50. The summed E-state index contributed by atoms with van der Waals surface area (Å²) < 4.78 is 0. The molecule has 0 nitrogen and oxygen atoms in total. The Balaban J connectivity index is 4.30. The minimum absolute atomic E-state index is 0.312. The van der Waals surface area contributed by atoms with Crippen LogP contribution in [0.2, 0.25) is 0 Å². The molecule has 0 aromatic heterocycles. The van der Waals surface area contributed by atoms with Crippen molar-refractivity contribution in [3.63, 3.8) is 0 Å². The first-order valence-corrected chi connectivity index (χ1v) is 7.07. The lowest BCUT2D eigenvalue weighted by Gasteiger charge is -2.32. The molecule has 0 aromatic rings. The Morgan fingerprint density at radius 1 is 0.571 bits per heavy atom. The fourth-order valence-corrected chi connectivity index (χ4v) is 2.59. The van der Waals surface area contributed by atoms with Gasteiger partial charge in [-0.15, -0.1) is 0 Å². The van der Waals surface area contributed by atoms with E-state index in [9.17, 15) is 0 Å². The van der Waals surface area contributed by atoms with E-state index in [4.69, 9.17) is 0 Å². The van der Waals surface area contributed by atoms with Gasteiger partial charge in [-0.1, -0.05) is 27.7 Å². The molecule has 0 radical (unpaired) electrons. The van der Waals surface area contributed by atoms with Crippen molar-refractivity contribution in [1.29, 1.82) is 0 Å². The van der Waals surface area contributed by atoms with E-state index in [0.29, 0.717) is 32.8 Å². The number of thiol groups is 4. The Morgan fingerprint density at radius 2 is 0.786 bits per heavy atom. The van der Waals surface area contributed by atoms with Gasteiger partial charge in [0.2, 0.25) is 0 Å². The molecule has 0 saturated carbocycles. The van der Waals surface area contributed by atoms with E-state index >= 15 is 0 Å². The van der Waals surface area contributed by atoms with Crippen molar-refractivity contribution in [2.24, 2.45) is 11.8 Å². The summed E-state index contributed by atoms with van der Waals surface area (Å²) >= 11 is 18.0. The van der Waals surface area contributed by atoms with E-state index in [1.807, 2.05) is 0 Å². The third-order valence-corrected chi connectivity index (χ3v) is 5.84. The van der Waals surface area contributed by atoms with Gasteiger partial charge in [-0.2, -0.15) is 50.5 Å². The first kappa shape index (κ1) is 15.4. The predicted octanol–water partition coefficient (Wildman–Crippen LogP) is 3.49. The second-order valence-corrected chi connectivity index (χ2v) is 7.00. The highest BCUT2D eigenvalue weighted by Crippen LogP contribution is 2.31. The van der Waals surface area contributed by atoms with Crippen molar-refractivity contribution in [1.82, 2.24) is 0 Å². The zero-order chi connectivity index (χ0) is 11.5. The Bertz CT molecular complexity index is 140. The molecule has 6 atom stereocenters. The molecule has 0 aliphatic heterocycles. The molecule has 0 bridgehead atoms. The van der Waals surface area contributed by atoms with E-state index in [0.717, 1.165) is 0 Å². The lowest BCUT2D eigenvalue weighted by molar-refractivity contribution is 0.365. The number of hydrogen-bond acceptors (Lipinski definition) is 4. The summed E-state index contributed by atoms with van der Waals surface area (Å²) in [6, 6.07) is 0. The van der Waals surface area contributed by atoms with Crippen LogP contribution in [-0.2, 0) is 0 Å². The molecule has 0 unspecified atom stereocenters. The highest BCUT2D eigenvalue weighted by molar-refractivity contribution is 7.85. The maximum atomic E-state index is 4.59. The topological polar surface area (TPSA) is 0 Å². The van der Waals surface area contributed by atoms with Gasteiger partial charge in [-0.25, -0.2) is 0 Å². The molecule has 0 N–H and O–H groups in total. The van der Waals surface area contributed by atoms with Gasteiger partial charge in [0, 0.05) is 21.0 Å². The molecule has 0 aromatic carbocycles. The van der Waals surface area contributed by atoms with Crippen LogP contribution >= 0.6 is 50.5 Å². The molecule has 0 rings (SSSR count). The van der Waals surface area contributed by atoms with Crippen molar-refractivity contribution in [3.05, 3.63) is 0 Å². The van der Waals surface area contributed by atoms with E-state index in [1.165, 1.54) is 0 Å². The molecular formula is C10H22S4.